The van der Waals surface area contributed by atoms with Gasteiger partial charge in [-0.3, -0.25) is 0 Å². The smallest absolute Gasteiger partial charge is 0.146 e. The zero-order valence-corrected chi connectivity index (χ0v) is 11.3. The Morgan fingerprint density at radius 1 is 1.11 bits per heavy atom. The SMILES string of the molecule is Fc1ccc(Cl)cc1NCc1ccc(C2CC2)cc1. The van der Waals surface area contributed by atoms with E-state index in [1.54, 1.807) is 12.1 Å². The van der Waals surface area contributed by atoms with Crippen LogP contribution in [0, 0.1) is 5.82 Å². The van der Waals surface area contributed by atoms with Gasteiger partial charge in [-0.1, -0.05) is 35.9 Å². The zero-order chi connectivity index (χ0) is 13.2. The quantitative estimate of drug-likeness (QED) is 0.831. The Hall–Kier alpha value is -1.54. The van der Waals surface area contributed by atoms with E-state index in [4.69, 9.17) is 11.6 Å². The first-order valence-electron chi connectivity index (χ1n) is 6.50. The zero-order valence-electron chi connectivity index (χ0n) is 10.5. The predicted molar refractivity (Wildman–Crippen MR) is 77.2 cm³/mol. The van der Waals surface area contributed by atoms with Gasteiger partial charge >= 0.3 is 0 Å². The fraction of sp³-hybridized carbons (Fsp3) is 0.250. The fourth-order valence-electron chi connectivity index (χ4n) is 2.15. The Balaban J connectivity index is 1.66. The standard InChI is InChI=1S/C16H15ClFN/c17-14-7-8-15(18)16(9-14)19-10-11-1-3-12(4-2-11)13-5-6-13/h1-4,7-9,13,19H,5-6,10H2. The maximum absolute atomic E-state index is 13.5. The van der Waals surface area contributed by atoms with Crippen molar-refractivity contribution in [3.8, 4) is 0 Å². The second-order valence-electron chi connectivity index (χ2n) is 4.99. The van der Waals surface area contributed by atoms with E-state index in [9.17, 15) is 4.39 Å². The fourth-order valence-corrected chi connectivity index (χ4v) is 2.33. The third-order valence-corrected chi connectivity index (χ3v) is 3.67. The van der Waals surface area contributed by atoms with E-state index in [-0.39, 0.29) is 5.82 Å². The molecule has 1 nitrogen and oxygen atoms in total. The van der Waals surface area contributed by atoms with E-state index < -0.39 is 0 Å². The van der Waals surface area contributed by atoms with Gasteiger partial charge in [-0.25, -0.2) is 4.39 Å². The van der Waals surface area contributed by atoms with Gasteiger partial charge in [-0.05, 0) is 48.1 Å². The molecular formula is C16H15ClFN. The van der Waals surface area contributed by atoms with E-state index in [2.05, 4.69) is 29.6 Å². The molecule has 0 bridgehead atoms. The summed E-state index contributed by atoms with van der Waals surface area (Å²) in [5, 5.41) is 3.61. The summed E-state index contributed by atoms with van der Waals surface area (Å²) in [6.45, 7) is 0.599. The van der Waals surface area contributed by atoms with Gasteiger partial charge in [-0.15, -0.1) is 0 Å². The van der Waals surface area contributed by atoms with Crippen molar-refractivity contribution in [1.29, 1.82) is 0 Å². The lowest BCUT2D eigenvalue weighted by Crippen LogP contribution is -2.01. The van der Waals surface area contributed by atoms with Gasteiger partial charge in [0, 0.05) is 11.6 Å². The van der Waals surface area contributed by atoms with Crippen LogP contribution in [0.2, 0.25) is 5.02 Å². The minimum atomic E-state index is -0.279. The van der Waals surface area contributed by atoms with Crippen molar-refractivity contribution < 1.29 is 4.39 Å². The monoisotopic (exact) mass is 275 g/mol. The highest BCUT2D eigenvalue weighted by molar-refractivity contribution is 6.30. The van der Waals surface area contributed by atoms with Crippen molar-refractivity contribution in [1.82, 2.24) is 0 Å². The molecule has 0 aliphatic heterocycles. The van der Waals surface area contributed by atoms with E-state index in [1.165, 1.54) is 24.5 Å². The molecule has 1 aliphatic carbocycles. The average Bonchev–Trinajstić information content (AvgIpc) is 3.25. The van der Waals surface area contributed by atoms with Crippen molar-refractivity contribution in [2.75, 3.05) is 5.32 Å². The van der Waals surface area contributed by atoms with Gasteiger partial charge in [-0.2, -0.15) is 0 Å². The Bertz CT molecular complexity index is 576. The third-order valence-electron chi connectivity index (χ3n) is 3.44. The number of nitrogens with one attached hydrogen (secondary N) is 1. The van der Waals surface area contributed by atoms with E-state index in [0.717, 1.165) is 11.5 Å². The number of benzene rings is 2. The molecule has 0 radical (unpaired) electrons. The van der Waals surface area contributed by atoms with Crippen LogP contribution in [0.25, 0.3) is 0 Å². The largest absolute Gasteiger partial charge is 0.379 e. The maximum Gasteiger partial charge on any atom is 0.146 e. The number of rotatable bonds is 4. The van der Waals surface area contributed by atoms with Crippen LogP contribution in [0.1, 0.15) is 29.9 Å². The first kappa shape index (κ1) is 12.5. The van der Waals surface area contributed by atoms with E-state index >= 15 is 0 Å². The Kier molecular flexibility index (Phi) is 3.43. The summed E-state index contributed by atoms with van der Waals surface area (Å²) in [6.07, 6.45) is 2.62. The molecule has 0 atom stereocenters. The van der Waals surface area contributed by atoms with Gasteiger partial charge in [0.1, 0.15) is 5.82 Å². The summed E-state index contributed by atoms with van der Waals surface area (Å²) in [6, 6.07) is 13.1. The first-order valence-corrected chi connectivity index (χ1v) is 6.88. The molecule has 1 saturated carbocycles. The Morgan fingerprint density at radius 2 is 1.84 bits per heavy atom. The molecule has 19 heavy (non-hydrogen) atoms. The van der Waals surface area contributed by atoms with Crippen LogP contribution < -0.4 is 5.32 Å². The summed E-state index contributed by atoms with van der Waals surface area (Å²) in [5.74, 6) is 0.492. The highest BCUT2D eigenvalue weighted by atomic mass is 35.5. The molecule has 0 heterocycles. The predicted octanol–water partition coefficient (Wildman–Crippen LogP) is 4.97. The Morgan fingerprint density at radius 3 is 2.53 bits per heavy atom. The topological polar surface area (TPSA) is 12.0 Å². The number of hydrogen-bond donors (Lipinski definition) is 1. The van der Waals surface area contributed by atoms with Crippen molar-refractivity contribution in [2.24, 2.45) is 0 Å². The number of anilines is 1. The van der Waals surface area contributed by atoms with E-state index in [0.29, 0.717) is 17.3 Å². The maximum atomic E-state index is 13.5. The molecule has 2 aromatic rings. The average molecular weight is 276 g/mol. The Labute approximate surface area is 117 Å². The van der Waals surface area contributed by atoms with Crippen LogP contribution in [0.4, 0.5) is 10.1 Å². The first-order chi connectivity index (χ1) is 9.22. The minimum Gasteiger partial charge on any atom is -0.379 e. The van der Waals surface area contributed by atoms with Crippen LogP contribution in [0.15, 0.2) is 42.5 Å². The lowest BCUT2D eigenvalue weighted by atomic mass is 10.1. The minimum absolute atomic E-state index is 0.279. The molecular weight excluding hydrogens is 261 g/mol. The second-order valence-corrected chi connectivity index (χ2v) is 5.43. The lowest BCUT2D eigenvalue weighted by Gasteiger charge is -2.08. The van der Waals surface area contributed by atoms with Crippen molar-refractivity contribution in [3.05, 3.63) is 64.4 Å². The molecule has 0 unspecified atom stereocenters. The normalized spacial score (nSPS) is 14.4. The van der Waals surface area contributed by atoms with Crippen molar-refractivity contribution in [2.45, 2.75) is 25.3 Å². The summed E-state index contributed by atoms with van der Waals surface area (Å²) >= 11 is 5.85. The number of halogens is 2. The molecule has 98 valence electrons. The molecule has 0 spiro atoms. The summed E-state index contributed by atoms with van der Waals surface area (Å²) in [4.78, 5) is 0. The molecule has 1 N–H and O–H groups in total. The molecule has 0 aromatic heterocycles. The van der Waals surface area contributed by atoms with Crippen LogP contribution in [0.3, 0.4) is 0 Å². The summed E-state index contributed by atoms with van der Waals surface area (Å²) in [5.41, 5.74) is 3.00. The molecule has 3 heteroatoms. The molecule has 2 aromatic carbocycles. The van der Waals surface area contributed by atoms with Gasteiger partial charge in [0.05, 0.1) is 5.69 Å². The van der Waals surface area contributed by atoms with Gasteiger partial charge < -0.3 is 5.32 Å². The van der Waals surface area contributed by atoms with Crippen LogP contribution in [-0.2, 0) is 6.54 Å². The van der Waals surface area contributed by atoms with Crippen molar-refractivity contribution >= 4 is 17.3 Å². The summed E-state index contributed by atoms with van der Waals surface area (Å²) in [7, 11) is 0. The third kappa shape index (κ3) is 3.07. The molecule has 1 aliphatic rings. The number of hydrogen-bond acceptors (Lipinski definition) is 1. The highest BCUT2D eigenvalue weighted by Crippen LogP contribution is 2.39. The van der Waals surface area contributed by atoms with Crippen LogP contribution in [-0.4, -0.2) is 0 Å². The molecule has 1 fully saturated rings. The highest BCUT2D eigenvalue weighted by Gasteiger charge is 2.22. The molecule has 0 amide bonds. The lowest BCUT2D eigenvalue weighted by molar-refractivity contribution is 0.630. The van der Waals surface area contributed by atoms with Crippen LogP contribution >= 0.6 is 11.6 Å². The van der Waals surface area contributed by atoms with Gasteiger partial charge in [0.2, 0.25) is 0 Å². The van der Waals surface area contributed by atoms with Gasteiger partial charge in [0.15, 0.2) is 0 Å². The molecule has 0 saturated heterocycles. The molecule has 3 rings (SSSR count). The van der Waals surface area contributed by atoms with E-state index in [1.807, 2.05) is 0 Å². The van der Waals surface area contributed by atoms with Crippen molar-refractivity contribution in [3.63, 3.8) is 0 Å². The summed E-state index contributed by atoms with van der Waals surface area (Å²) < 4.78 is 13.5. The van der Waals surface area contributed by atoms with Gasteiger partial charge in [0.25, 0.3) is 0 Å². The van der Waals surface area contributed by atoms with Crippen LogP contribution in [0.5, 0.6) is 0 Å². The second kappa shape index (κ2) is 5.22.